The summed E-state index contributed by atoms with van der Waals surface area (Å²) >= 11 is 0. The summed E-state index contributed by atoms with van der Waals surface area (Å²) in [5.74, 6) is 0.193. The van der Waals surface area contributed by atoms with E-state index in [2.05, 4.69) is 11.9 Å². The number of carbonyl (C=O) groups excluding carboxylic acids is 1. The summed E-state index contributed by atoms with van der Waals surface area (Å²) in [6.45, 7) is 8.53. The number of nitrogens with zero attached hydrogens (tertiary/aromatic N) is 1. The highest BCUT2D eigenvalue weighted by Gasteiger charge is 2.11. The van der Waals surface area contributed by atoms with E-state index in [1.165, 1.54) is 5.56 Å². The maximum Gasteiger partial charge on any atom is 0.224 e. The lowest BCUT2D eigenvalue weighted by atomic mass is 10.2. The molecule has 0 aliphatic carbocycles. The average molecular weight is 246 g/mol. The second kappa shape index (κ2) is 8.48. The van der Waals surface area contributed by atoms with Crippen LogP contribution >= 0.6 is 0 Å². The van der Waals surface area contributed by atoms with Crippen LogP contribution in [-0.2, 0) is 11.3 Å². The third kappa shape index (κ3) is 5.15. The number of nitrogens with one attached hydrogen (secondary N) is 1. The lowest BCUT2D eigenvalue weighted by molar-refractivity contribution is -0.131. The van der Waals surface area contributed by atoms with Crippen LogP contribution in [0.25, 0.3) is 0 Å². The summed E-state index contributed by atoms with van der Waals surface area (Å²) in [6, 6.07) is 10.1. The Hall–Kier alpha value is -1.61. The Balaban J connectivity index is 2.40. The van der Waals surface area contributed by atoms with Gasteiger partial charge in [-0.2, -0.15) is 0 Å². The first-order chi connectivity index (χ1) is 8.77. The molecule has 1 rings (SSSR count). The molecule has 0 aromatic heterocycles. The van der Waals surface area contributed by atoms with Gasteiger partial charge in [0.05, 0.1) is 0 Å². The van der Waals surface area contributed by atoms with Gasteiger partial charge in [-0.15, -0.1) is 6.58 Å². The first kappa shape index (κ1) is 14.5. The van der Waals surface area contributed by atoms with Crippen molar-refractivity contribution in [2.24, 2.45) is 0 Å². The monoisotopic (exact) mass is 246 g/mol. The summed E-state index contributed by atoms with van der Waals surface area (Å²) in [5, 5.41) is 3.14. The van der Waals surface area contributed by atoms with E-state index in [1.807, 2.05) is 42.2 Å². The summed E-state index contributed by atoms with van der Waals surface area (Å²) < 4.78 is 0. The Labute approximate surface area is 109 Å². The minimum absolute atomic E-state index is 0.193. The molecule has 0 spiro atoms. The molecule has 18 heavy (non-hydrogen) atoms. The lowest BCUT2D eigenvalue weighted by Crippen LogP contribution is -2.32. The van der Waals surface area contributed by atoms with Crippen molar-refractivity contribution in [3.63, 3.8) is 0 Å². The molecule has 3 heteroatoms. The summed E-state index contributed by atoms with van der Waals surface area (Å²) in [6.07, 6.45) is 2.33. The van der Waals surface area contributed by atoms with Gasteiger partial charge >= 0.3 is 0 Å². The average Bonchev–Trinajstić information content (AvgIpc) is 2.42. The van der Waals surface area contributed by atoms with Gasteiger partial charge in [-0.05, 0) is 12.5 Å². The van der Waals surface area contributed by atoms with Crippen LogP contribution in [0.5, 0.6) is 0 Å². The number of rotatable bonds is 8. The summed E-state index contributed by atoms with van der Waals surface area (Å²) in [4.78, 5) is 13.9. The zero-order chi connectivity index (χ0) is 13.2. The zero-order valence-corrected chi connectivity index (χ0v) is 11.1. The molecule has 0 radical (unpaired) electrons. The van der Waals surface area contributed by atoms with Crippen LogP contribution in [0.3, 0.4) is 0 Å². The predicted molar refractivity (Wildman–Crippen MR) is 75.2 cm³/mol. The minimum Gasteiger partial charge on any atom is -0.339 e. The van der Waals surface area contributed by atoms with Crippen LogP contribution in [0.1, 0.15) is 18.9 Å². The van der Waals surface area contributed by atoms with Crippen molar-refractivity contribution in [3.8, 4) is 0 Å². The van der Waals surface area contributed by atoms with Crippen LogP contribution in [0.4, 0.5) is 0 Å². The van der Waals surface area contributed by atoms with Crippen LogP contribution in [0, 0.1) is 0 Å². The van der Waals surface area contributed by atoms with Crippen LogP contribution in [0.15, 0.2) is 43.0 Å². The van der Waals surface area contributed by atoms with E-state index in [0.717, 1.165) is 13.1 Å². The Morgan fingerprint density at radius 3 is 2.72 bits per heavy atom. The third-order valence-corrected chi connectivity index (χ3v) is 2.76. The standard InChI is InChI=1S/C15H22N2O/c1-3-11-16-12-10-15(18)17(4-2)13-14-8-6-5-7-9-14/h3,5-9,16H,1,4,10-13H2,2H3. The molecule has 0 fully saturated rings. The molecule has 3 nitrogen and oxygen atoms in total. The molecule has 0 aliphatic rings. The minimum atomic E-state index is 0.193. The van der Waals surface area contributed by atoms with Crippen molar-refractivity contribution in [3.05, 3.63) is 48.6 Å². The van der Waals surface area contributed by atoms with Crippen molar-refractivity contribution >= 4 is 5.91 Å². The van der Waals surface area contributed by atoms with Crippen LogP contribution < -0.4 is 5.32 Å². The lowest BCUT2D eigenvalue weighted by Gasteiger charge is -2.21. The zero-order valence-electron chi connectivity index (χ0n) is 11.1. The van der Waals surface area contributed by atoms with Gasteiger partial charge in [0.25, 0.3) is 0 Å². The van der Waals surface area contributed by atoms with E-state index in [9.17, 15) is 4.79 Å². The molecule has 1 aromatic rings. The molecule has 0 saturated carbocycles. The molecule has 0 unspecified atom stereocenters. The second-order valence-corrected chi connectivity index (χ2v) is 4.14. The highest BCUT2D eigenvalue weighted by Crippen LogP contribution is 2.05. The Bertz CT molecular complexity index is 362. The molecule has 0 saturated heterocycles. The van der Waals surface area contributed by atoms with Crippen molar-refractivity contribution in [2.45, 2.75) is 19.9 Å². The topological polar surface area (TPSA) is 32.3 Å². The van der Waals surface area contributed by atoms with Crippen molar-refractivity contribution in [1.29, 1.82) is 0 Å². The normalized spacial score (nSPS) is 10.1. The smallest absolute Gasteiger partial charge is 0.224 e. The van der Waals surface area contributed by atoms with Gasteiger partial charge < -0.3 is 10.2 Å². The van der Waals surface area contributed by atoms with Gasteiger partial charge in [0, 0.05) is 32.6 Å². The van der Waals surface area contributed by atoms with Crippen molar-refractivity contribution in [2.75, 3.05) is 19.6 Å². The van der Waals surface area contributed by atoms with Gasteiger partial charge in [0.2, 0.25) is 5.91 Å². The number of carbonyl (C=O) groups is 1. The van der Waals surface area contributed by atoms with Gasteiger partial charge in [0.15, 0.2) is 0 Å². The highest BCUT2D eigenvalue weighted by atomic mass is 16.2. The predicted octanol–water partition coefficient (Wildman–Crippen LogP) is 2.20. The molecule has 98 valence electrons. The van der Waals surface area contributed by atoms with Crippen LogP contribution in [0.2, 0.25) is 0 Å². The number of hydrogen-bond donors (Lipinski definition) is 1. The maximum atomic E-state index is 12.0. The van der Waals surface area contributed by atoms with E-state index >= 15 is 0 Å². The van der Waals surface area contributed by atoms with E-state index < -0.39 is 0 Å². The summed E-state index contributed by atoms with van der Waals surface area (Å²) in [5.41, 5.74) is 1.17. The molecule has 0 bridgehead atoms. The van der Waals surface area contributed by atoms with Crippen molar-refractivity contribution < 1.29 is 4.79 Å². The first-order valence-electron chi connectivity index (χ1n) is 6.41. The Kier molecular flexibility index (Phi) is 6.81. The fraction of sp³-hybridized carbons (Fsp3) is 0.400. The SMILES string of the molecule is C=CCNCCC(=O)N(CC)Cc1ccccc1. The fourth-order valence-corrected chi connectivity index (χ4v) is 1.74. The fourth-order valence-electron chi connectivity index (χ4n) is 1.74. The molecule has 0 heterocycles. The van der Waals surface area contributed by atoms with E-state index in [0.29, 0.717) is 19.5 Å². The quantitative estimate of drug-likeness (QED) is 0.563. The Morgan fingerprint density at radius 2 is 2.11 bits per heavy atom. The number of hydrogen-bond acceptors (Lipinski definition) is 2. The molecular weight excluding hydrogens is 224 g/mol. The Morgan fingerprint density at radius 1 is 1.39 bits per heavy atom. The molecule has 1 amide bonds. The van der Waals surface area contributed by atoms with Gasteiger partial charge in [-0.25, -0.2) is 0 Å². The third-order valence-electron chi connectivity index (χ3n) is 2.76. The number of amides is 1. The van der Waals surface area contributed by atoms with Crippen molar-refractivity contribution in [1.82, 2.24) is 10.2 Å². The van der Waals surface area contributed by atoms with E-state index in [1.54, 1.807) is 6.08 Å². The van der Waals surface area contributed by atoms with Gasteiger partial charge in [-0.3, -0.25) is 4.79 Å². The summed E-state index contributed by atoms with van der Waals surface area (Å²) in [7, 11) is 0. The molecule has 0 atom stereocenters. The largest absolute Gasteiger partial charge is 0.339 e. The van der Waals surface area contributed by atoms with Crippen LogP contribution in [-0.4, -0.2) is 30.4 Å². The highest BCUT2D eigenvalue weighted by molar-refractivity contribution is 5.76. The van der Waals surface area contributed by atoms with Gasteiger partial charge in [0.1, 0.15) is 0 Å². The molecule has 1 aromatic carbocycles. The first-order valence-corrected chi connectivity index (χ1v) is 6.41. The van der Waals surface area contributed by atoms with E-state index in [-0.39, 0.29) is 5.91 Å². The van der Waals surface area contributed by atoms with E-state index in [4.69, 9.17) is 0 Å². The second-order valence-electron chi connectivity index (χ2n) is 4.14. The maximum absolute atomic E-state index is 12.0. The van der Waals surface area contributed by atoms with Gasteiger partial charge in [-0.1, -0.05) is 36.4 Å². The number of benzene rings is 1. The molecular formula is C15H22N2O. The molecule has 1 N–H and O–H groups in total. The molecule has 0 aliphatic heterocycles.